The first-order chi connectivity index (χ1) is 10.7. The molecule has 0 atom stereocenters. The highest BCUT2D eigenvalue weighted by Gasteiger charge is 2.06. The Morgan fingerprint density at radius 2 is 1.82 bits per heavy atom. The van der Waals surface area contributed by atoms with E-state index in [-0.39, 0.29) is 18.9 Å². The van der Waals surface area contributed by atoms with Gasteiger partial charge in [-0.25, -0.2) is 0 Å². The maximum atomic E-state index is 11.9. The van der Waals surface area contributed by atoms with Gasteiger partial charge in [0.2, 0.25) is 5.91 Å². The van der Waals surface area contributed by atoms with E-state index in [0.29, 0.717) is 29.5 Å². The largest absolute Gasteiger partial charge is 0.490 e. The summed E-state index contributed by atoms with van der Waals surface area (Å²) in [4.78, 5) is 11.9. The molecule has 0 spiro atoms. The Morgan fingerprint density at radius 1 is 1.09 bits per heavy atom. The van der Waals surface area contributed by atoms with Gasteiger partial charge in [-0.2, -0.15) is 0 Å². The number of nitrogens with one attached hydrogen (secondary N) is 1. The lowest BCUT2D eigenvalue weighted by Crippen LogP contribution is -2.15. The predicted molar refractivity (Wildman–Crippen MR) is 87.2 cm³/mol. The molecule has 2 aromatic rings. The number of carbonyl (C=O) groups is 1. The molecule has 0 aliphatic carbocycles. The number of hydrogen-bond donors (Lipinski definition) is 2. The molecule has 2 aromatic carbocycles. The van der Waals surface area contributed by atoms with Crippen LogP contribution in [0.5, 0.6) is 11.5 Å². The van der Waals surface area contributed by atoms with Gasteiger partial charge in [-0.1, -0.05) is 18.2 Å². The van der Waals surface area contributed by atoms with Crippen LogP contribution in [-0.2, 0) is 4.79 Å². The van der Waals surface area contributed by atoms with Crippen LogP contribution in [0.2, 0.25) is 0 Å². The van der Waals surface area contributed by atoms with Gasteiger partial charge in [0.25, 0.3) is 0 Å². The fraction of sp³-hybridized carbons (Fsp3) is 0.235. The van der Waals surface area contributed by atoms with Gasteiger partial charge in [-0.3, -0.25) is 4.79 Å². The fourth-order valence-electron chi connectivity index (χ4n) is 1.94. The molecule has 0 aromatic heterocycles. The molecule has 2 rings (SSSR count). The zero-order valence-corrected chi connectivity index (χ0v) is 12.5. The minimum atomic E-state index is -0.125. The molecule has 0 unspecified atom stereocenters. The van der Waals surface area contributed by atoms with Crippen molar-refractivity contribution in [2.75, 3.05) is 24.3 Å². The van der Waals surface area contributed by atoms with Crippen LogP contribution in [0.3, 0.4) is 0 Å². The van der Waals surface area contributed by atoms with Crippen molar-refractivity contribution in [3.8, 4) is 11.5 Å². The normalized spacial score (nSPS) is 10.0. The molecular formula is C17H20N2O3. The van der Waals surface area contributed by atoms with Crippen LogP contribution in [0.15, 0.2) is 48.5 Å². The summed E-state index contributed by atoms with van der Waals surface area (Å²) in [6.07, 6.45) is 0.245. The Kier molecular flexibility index (Phi) is 5.65. The molecule has 5 nitrogen and oxygen atoms in total. The molecule has 3 N–H and O–H groups in total. The number of nitrogens with two attached hydrogens (primary N) is 1. The molecule has 22 heavy (non-hydrogen) atoms. The maximum absolute atomic E-state index is 11.9. The van der Waals surface area contributed by atoms with Crippen molar-refractivity contribution in [1.29, 1.82) is 0 Å². The molecular weight excluding hydrogens is 280 g/mol. The van der Waals surface area contributed by atoms with E-state index < -0.39 is 0 Å². The van der Waals surface area contributed by atoms with E-state index in [1.165, 1.54) is 0 Å². The summed E-state index contributed by atoms with van der Waals surface area (Å²) >= 11 is 0. The monoisotopic (exact) mass is 300 g/mol. The molecule has 0 heterocycles. The van der Waals surface area contributed by atoms with Crippen LogP contribution in [0.1, 0.15) is 13.3 Å². The van der Waals surface area contributed by atoms with Crippen molar-refractivity contribution in [2.24, 2.45) is 0 Å². The average Bonchev–Trinajstić information content (AvgIpc) is 2.49. The highest BCUT2D eigenvalue weighted by molar-refractivity contribution is 5.91. The van der Waals surface area contributed by atoms with E-state index in [9.17, 15) is 4.79 Å². The molecule has 5 heteroatoms. The molecule has 0 saturated carbocycles. The second-order valence-corrected chi connectivity index (χ2v) is 4.65. The Hall–Kier alpha value is -2.69. The molecule has 0 aliphatic heterocycles. The first kappa shape index (κ1) is 15.7. The summed E-state index contributed by atoms with van der Waals surface area (Å²) in [5, 5.41) is 2.78. The predicted octanol–water partition coefficient (Wildman–Crippen LogP) is 3.08. The number of rotatable bonds is 7. The van der Waals surface area contributed by atoms with Gasteiger partial charge in [-0.05, 0) is 37.3 Å². The highest BCUT2D eigenvalue weighted by atomic mass is 16.5. The van der Waals surface area contributed by atoms with Crippen molar-refractivity contribution in [3.63, 3.8) is 0 Å². The Labute approximate surface area is 130 Å². The first-order valence-corrected chi connectivity index (χ1v) is 7.19. The summed E-state index contributed by atoms with van der Waals surface area (Å²) in [6.45, 7) is 2.75. The van der Waals surface area contributed by atoms with Crippen LogP contribution in [0.4, 0.5) is 11.4 Å². The van der Waals surface area contributed by atoms with Crippen molar-refractivity contribution in [3.05, 3.63) is 48.5 Å². The van der Waals surface area contributed by atoms with Crippen LogP contribution < -0.4 is 20.5 Å². The SMILES string of the molecule is CCOc1ccccc1OCCC(=O)Nc1cccc(N)c1. The average molecular weight is 300 g/mol. The molecule has 0 bridgehead atoms. The maximum Gasteiger partial charge on any atom is 0.227 e. The number of benzene rings is 2. The number of carbonyl (C=O) groups excluding carboxylic acids is 1. The number of hydrogen-bond acceptors (Lipinski definition) is 4. The van der Waals surface area contributed by atoms with Gasteiger partial charge in [-0.15, -0.1) is 0 Å². The second kappa shape index (κ2) is 7.93. The van der Waals surface area contributed by atoms with Crippen LogP contribution in [-0.4, -0.2) is 19.1 Å². The summed E-state index contributed by atoms with van der Waals surface area (Å²) in [5.41, 5.74) is 6.96. The minimum absolute atomic E-state index is 0.125. The molecule has 0 saturated heterocycles. The molecule has 1 amide bonds. The minimum Gasteiger partial charge on any atom is -0.490 e. The van der Waals surface area contributed by atoms with Crippen LogP contribution in [0.25, 0.3) is 0 Å². The number of amides is 1. The molecule has 0 fully saturated rings. The lowest BCUT2D eigenvalue weighted by atomic mass is 10.2. The number of anilines is 2. The zero-order valence-electron chi connectivity index (χ0n) is 12.5. The van der Waals surface area contributed by atoms with Crippen LogP contribution in [0, 0.1) is 0 Å². The number of nitrogen functional groups attached to an aromatic ring is 1. The first-order valence-electron chi connectivity index (χ1n) is 7.19. The third-order valence-corrected chi connectivity index (χ3v) is 2.91. The van der Waals surface area contributed by atoms with E-state index in [4.69, 9.17) is 15.2 Å². The quantitative estimate of drug-likeness (QED) is 0.771. The van der Waals surface area contributed by atoms with Gasteiger partial charge in [0.15, 0.2) is 11.5 Å². The van der Waals surface area contributed by atoms with E-state index in [1.807, 2.05) is 31.2 Å². The lowest BCUT2D eigenvalue weighted by Gasteiger charge is -2.11. The summed E-state index contributed by atoms with van der Waals surface area (Å²) in [6, 6.07) is 14.5. The van der Waals surface area contributed by atoms with Crippen LogP contribution >= 0.6 is 0 Å². The zero-order chi connectivity index (χ0) is 15.8. The second-order valence-electron chi connectivity index (χ2n) is 4.65. The summed E-state index contributed by atoms with van der Waals surface area (Å²) in [7, 11) is 0. The third kappa shape index (κ3) is 4.70. The van der Waals surface area contributed by atoms with Crippen molar-refractivity contribution < 1.29 is 14.3 Å². The van der Waals surface area contributed by atoms with Gasteiger partial charge in [0.05, 0.1) is 19.6 Å². The number of para-hydroxylation sites is 2. The smallest absolute Gasteiger partial charge is 0.227 e. The summed E-state index contributed by atoms with van der Waals surface area (Å²) in [5.74, 6) is 1.20. The summed E-state index contributed by atoms with van der Waals surface area (Å²) < 4.78 is 11.1. The fourth-order valence-corrected chi connectivity index (χ4v) is 1.94. The molecule has 0 aliphatic rings. The van der Waals surface area contributed by atoms with Crippen molar-refractivity contribution in [1.82, 2.24) is 0 Å². The molecule has 116 valence electrons. The molecule has 0 radical (unpaired) electrons. The standard InChI is InChI=1S/C17H20N2O3/c1-2-21-15-8-3-4-9-16(15)22-11-10-17(20)19-14-7-5-6-13(18)12-14/h3-9,12H,2,10-11,18H2,1H3,(H,19,20). The van der Waals surface area contributed by atoms with E-state index >= 15 is 0 Å². The highest BCUT2D eigenvalue weighted by Crippen LogP contribution is 2.26. The van der Waals surface area contributed by atoms with E-state index in [0.717, 1.165) is 0 Å². The van der Waals surface area contributed by atoms with Gasteiger partial charge in [0.1, 0.15) is 0 Å². The lowest BCUT2D eigenvalue weighted by molar-refractivity contribution is -0.116. The van der Waals surface area contributed by atoms with Gasteiger partial charge in [0, 0.05) is 11.4 Å². The van der Waals surface area contributed by atoms with E-state index in [1.54, 1.807) is 24.3 Å². The van der Waals surface area contributed by atoms with E-state index in [2.05, 4.69) is 5.32 Å². The Balaban J connectivity index is 1.82. The topological polar surface area (TPSA) is 73.6 Å². The third-order valence-electron chi connectivity index (χ3n) is 2.91. The Bertz CT molecular complexity index is 629. The van der Waals surface area contributed by atoms with Crippen molar-refractivity contribution in [2.45, 2.75) is 13.3 Å². The van der Waals surface area contributed by atoms with Crippen molar-refractivity contribution >= 4 is 17.3 Å². The number of ether oxygens (including phenoxy) is 2. The Morgan fingerprint density at radius 3 is 2.50 bits per heavy atom. The van der Waals surface area contributed by atoms with Gasteiger partial charge < -0.3 is 20.5 Å². The van der Waals surface area contributed by atoms with Gasteiger partial charge >= 0.3 is 0 Å².